The molecule has 1 amide bonds. The minimum atomic E-state index is -0.633. The summed E-state index contributed by atoms with van der Waals surface area (Å²) in [4.78, 5) is 33.0. The second kappa shape index (κ2) is 6.08. The Morgan fingerprint density at radius 3 is 2.86 bits per heavy atom. The van der Waals surface area contributed by atoms with Gasteiger partial charge in [0.05, 0.1) is 17.0 Å². The van der Waals surface area contributed by atoms with Crippen molar-refractivity contribution >= 4 is 33.5 Å². The van der Waals surface area contributed by atoms with Crippen molar-refractivity contribution in [3.05, 3.63) is 32.3 Å². The van der Waals surface area contributed by atoms with Gasteiger partial charge in [0.25, 0.3) is 0 Å². The van der Waals surface area contributed by atoms with E-state index in [0.717, 1.165) is 0 Å². The zero-order valence-corrected chi connectivity index (χ0v) is 12.5. The predicted octanol–water partition coefficient (Wildman–Crippen LogP) is 2.05. The SMILES string of the molecule is CC(=O)c1cc(Br)cc([N+](=O)[O-])c1OCC1CNC(=O)O1. The zero-order valence-electron chi connectivity index (χ0n) is 10.9. The van der Waals surface area contributed by atoms with Crippen molar-refractivity contribution in [2.45, 2.75) is 13.0 Å². The summed E-state index contributed by atoms with van der Waals surface area (Å²) in [7, 11) is 0. The van der Waals surface area contributed by atoms with Crippen LogP contribution in [0.5, 0.6) is 5.75 Å². The van der Waals surface area contributed by atoms with Crippen molar-refractivity contribution in [1.82, 2.24) is 5.32 Å². The number of nitrogens with one attached hydrogen (secondary N) is 1. The molecule has 1 aromatic rings. The van der Waals surface area contributed by atoms with Gasteiger partial charge in [0, 0.05) is 10.5 Å². The first kappa shape index (κ1) is 15.2. The standard InChI is InChI=1S/C12H11BrN2O6/c1-6(16)9-2-7(13)3-10(15(18)19)11(9)20-5-8-4-14-12(17)21-8/h2-3,8H,4-5H2,1H3,(H,14,17). The molecule has 0 saturated carbocycles. The maximum atomic E-state index is 11.6. The predicted molar refractivity (Wildman–Crippen MR) is 74.6 cm³/mol. The molecule has 0 aromatic heterocycles. The molecule has 1 N–H and O–H groups in total. The molecular formula is C12H11BrN2O6. The first-order chi connectivity index (χ1) is 9.88. The van der Waals surface area contributed by atoms with Crippen LogP contribution in [0.1, 0.15) is 17.3 Å². The molecule has 0 spiro atoms. The molecule has 0 bridgehead atoms. The average Bonchev–Trinajstić information content (AvgIpc) is 2.81. The highest BCUT2D eigenvalue weighted by Crippen LogP contribution is 2.35. The van der Waals surface area contributed by atoms with E-state index >= 15 is 0 Å². The molecule has 1 heterocycles. The lowest BCUT2D eigenvalue weighted by molar-refractivity contribution is -0.386. The van der Waals surface area contributed by atoms with Gasteiger partial charge in [0.2, 0.25) is 5.75 Å². The molecule has 1 unspecified atom stereocenters. The van der Waals surface area contributed by atoms with Crippen LogP contribution in [-0.4, -0.2) is 36.1 Å². The number of rotatable bonds is 5. The highest BCUT2D eigenvalue weighted by molar-refractivity contribution is 9.10. The zero-order chi connectivity index (χ0) is 15.6. The number of halogens is 1. The lowest BCUT2D eigenvalue weighted by Gasteiger charge is -2.13. The number of ketones is 1. The summed E-state index contributed by atoms with van der Waals surface area (Å²) in [5.41, 5.74) is -0.236. The summed E-state index contributed by atoms with van der Waals surface area (Å²) in [5, 5.41) is 13.5. The lowest BCUT2D eigenvalue weighted by Crippen LogP contribution is -2.22. The summed E-state index contributed by atoms with van der Waals surface area (Å²) < 4.78 is 10.6. The summed E-state index contributed by atoms with van der Waals surface area (Å²) in [6, 6.07) is 2.70. The molecule has 1 saturated heterocycles. The number of hydrogen-bond donors (Lipinski definition) is 1. The number of alkyl carbamates (subject to hydrolysis) is 1. The summed E-state index contributed by atoms with van der Waals surface area (Å²) in [6.45, 7) is 1.45. The summed E-state index contributed by atoms with van der Waals surface area (Å²) in [6.07, 6.45) is -1.12. The highest BCUT2D eigenvalue weighted by atomic mass is 79.9. The van der Waals surface area contributed by atoms with E-state index in [-0.39, 0.29) is 35.9 Å². The van der Waals surface area contributed by atoms with E-state index in [1.165, 1.54) is 19.1 Å². The van der Waals surface area contributed by atoms with Crippen molar-refractivity contribution in [1.29, 1.82) is 0 Å². The maximum absolute atomic E-state index is 11.6. The van der Waals surface area contributed by atoms with Gasteiger partial charge >= 0.3 is 11.8 Å². The van der Waals surface area contributed by atoms with E-state index in [4.69, 9.17) is 9.47 Å². The number of benzene rings is 1. The molecule has 1 aliphatic heterocycles. The third kappa shape index (κ3) is 3.48. The van der Waals surface area contributed by atoms with Gasteiger partial charge in [-0.2, -0.15) is 0 Å². The fourth-order valence-corrected chi connectivity index (χ4v) is 2.27. The van der Waals surface area contributed by atoms with Gasteiger partial charge in [-0.15, -0.1) is 0 Å². The molecule has 9 heteroatoms. The van der Waals surface area contributed by atoms with Crippen LogP contribution in [0.25, 0.3) is 0 Å². The molecule has 1 aromatic carbocycles. The van der Waals surface area contributed by atoms with Gasteiger partial charge in [-0.3, -0.25) is 14.9 Å². The Morgan fingerprint density at radius 1 is 1.62 bits per heavy atom. The number of nitrogens with zero attached hydrogens (tertiary/aromatic N) is 1. The smallest absolute Gasteiger partial charge is 0.407 e. The lowest BCUT2D eigenvalue weighted by atomic mass is 10.1. The Kier molecular flexibility index (Phi) is 4.41. The molecule has 8 nitrogen and oxygen atoms in total. The Morgan fingerprint density at radius 2 is 2.33 bits per heavy atom. The first-order valence-electron chi connectivity index (χ1n) is 5.94. The van der Waals surface area contributed by atoms with E-state index in [1.807, 2.05) is 0 Å². The van der Waals surface area contributed by atoms with E-state index in [1.54, 1.807) is 0 Å². The van der Waals surface area contributed by atoms with Crippen LogP contribution >= 0.6 is 15.9 Å². The van der Waals surface area contributed by atoms with E-state index in [0.29, 0.717) is 4.47 Å². The quantitative estimate of drug-likeness (QED) is 0.490. The van der Waals surface area contributed by atoms with Crippen LogP contribution < -0.4 is 10.1 Å². The van der Waals surface area contributed by atoms with Crippen molar-refractivity contribution < 1.29 is 24.0 Å². The monoisotopic (exact) mass is 358 g/mol. The van der Waals surface area contributed by atoms with Gasteiger partial charge in [-0.1, -0.05) is 15.9 Å². The van der Waals surface area contributed by atoms with Crippen LogP contribution in [0.15, 0.2) is 16.6 Å². The van der Waals surface area contributed by atoms with Gasteiger partial charge in [-0.05, 0) is 13.0 Å². The van der Waals surface area contributed by atoms with Gasteiger partial charge in [0.1, 0.15) is 6.61 Å². The van der Waals surface area contributed by atoms with Crippen molar-refractivity contribution in [3.8, 4) is 5.75 Å². The van der Waals surface area contributed by atoms with Crippen LogP contribution in [0.2, 0.25) is 0 Å². The first-order valence-corrected chi connectivity index (χ1v) is 6.74. The fraction of sp³-hybridized carbons (Fsp3) is 0.333. The number of carbonyl (C=O) groups excluding carboxylic acids is 2. The van der Waals surface area contributed by atoms with Gasteiger partial charge in [0.15, 0.2) is 11.9 Å². The molecule has 0 radical (unpaired) electrons. The number of carbonyl (C=O) groups is 2. The summed E-state index contributed by atoms with van der Waals surface area (Å²) in [5.74, 6) is -0.491. The van der Waals surface area contributed by atoms with Crippen LogP contribution in [0.4, 0.5) is 10.5 Å². The Balaban J connectivity index is 2.29. The Bertz CT molecular complexity index is 583. The topological polar surface area (TPSA) is 108 Å². The van der Waals surface area contributed by atoms with Crippen LogP contribution in [-0.2, 0) is 4.74 Å². The third-order valence-corrected chi connectivity index (χ3v) is 3.23. The van der Waals surface area contributed by atoms with Gasteiger partial charge < -0.3 is 14.8 Å². The van der Waals surface area contributed by atoms with Crippen molar-refractivity contribution in [2.24, 2.45) is 0 Å². The molecule has 1 atom stereocenters. The molecule has 2 rings (SSSR count). The molecule has 112 valence electrons. The van der Waals surface area contributed by atoms with Gasteiger partial charge in [-0.25, -0.2) is 4.79 Å². The molecule has 1 fully saturated rings. The van der Waals surface area contributed by atoms with Crippen molar-refractivity contribution in [3.63, 3.8) is 0 Å². The minimum Gasteiger partial charge on any atom is -0.482 e. The normalized spacial score (nSPS) is 17.0. The Labute approximate surface area is 127 Å². The number of cyclic esters (lactones) is 1. The largest absolute Gasteiger partial charge is 0.482 e. The third-order valence-electron chi connectivity index (χ3n) is 2.77. The van der Waals surface area contributed by atoms with Crippen LogP contribution in [0.3, 0.4) is 0 Å². The molecule has 21 heavy (non-hydrogen) atoms. The fourth-order valence-electron chi connectivity index (χ4n) is 1.83. The molecule has 0 aliphatic carbocycles. The second-order valence-corrected chi connectivity index (χ2v) is 5.25. The average molecular weight is 359 g/mol. The number of nitro groups is 1. The minimum absolute atomic E-state index is 0.0819. The molecular weight excluding hydrogens is 348 g/mol. The number of Topliss-reactive ketones (excluding diaryl/α,β-unsaturated/α-hetero) is 1. The highest BCUT2D eigenvalue weighted by Gasteiger charge is 2.27. The maximum Gasteiger partial charge on any atom is 0.407 e. The van der Waals surface area contributed by atoms with E-state index < -0.39 is 17.1 Å². The van der Waals surface area contributed by atoms with E-state index in [9.17, 15) is 19.7 Å². The van der Waals surface area contributed by atoms with E-state index in [2.05, 4.69) is 21.2 Å². The van der Waals surface area contributed by atoms with Crippen molar-refractivity contribution in [2.75, 3.05) is 13.2 Å². The molecule has 1 aliphatic rings. The number of nitro benzene ring substituents is 1. The Hall–Kier alpha value is -2.16. The summed E-state index contributed by atoms with van der Waals surface area (Å²) >= 11 is 3.12. The van der Waals surface area contributed by atoms with Crippen LogP contribution in [0, 0.1) is 10.1 Å². The number of amides is 1. The number of ether oxygens (including phenoxy) is 2. The second-order valence-electron chi connectivity index (χ2n) is 4.33. The number of hydrogen-bond acceptors (Lipinski definition) is 6.